The first-order chi connectivity index (χ1) is 11.0. The van der Waals surface area contributed by atoms with Crippen molar-refractivity contribution in [3.63, 3.8) is 0 Å². The van der Waals surface area contributed by atoms with Gasteiger partial charge >= 0.3 is 5.97 Å². The average Bonchev–Trinajstić information content (AvgIpc) is 2.55. The highest BCUT2D eigenvalue weighted by molar-refractivity contribution is 9.09. The standard InChI is InChI=1S/C18H25BrO4/c1-3-14(19)16-9-10-17(15(20)11-12(2)22-16)23-18(21)13-7-5-4-6-8-13/h4-8,12,14-17,20H,3,9-11H2,1-2H3. The lowest BCUT2D eigenvalue weighted by atomic mass is 9.97. The minimum absolute atomic E-state index is 0.0696. The van der Waals surface area contributed by atoms with Gasteiger partial charge in [0.2, 0.25) is 0 Å². The number of hydrogen-bond donors (Lipinski definition) is 1. The molecule has 0 saturated carbocycles. The summed E-state index contributed by atoms with van der Waals surface area (Å²) in [4.78, 5) is 12.5. The van der Waals surface area contributed by atoms with E-state index in [2.05, 4.69) is 22.9 Å². The first-order valence-electron chi connectivity index (χ1n) is 8.24. The van der Waals surface area contributed by atoms with E-state index in [4.69, 9.17) is 9.47 Å². The van der Waals surface area contributed by atoms with E-state index >= 15 is 0 Å². The number of carbonyl (C=O) groups excluding carboxylic acids is 1. The fourth-order valence-corrected chi connectivity index (χ4v) is 3.27. The fourth-order valence-electron chi connectivity index (χ4n) is 2.88. The van der Waals surface area contributed by atoms with Gasteiger partial charge in [-0.05, 0) is 38.3 Å². The van der Waals surface area contributed by atoms with Crippen LogP contribution in [0.2, 0.25) is 0 Å². The summed E-state index contributed by atoms with van der Waals surface area (Å²) in [6, 6.07) is 8.89. The van der Waals surface area contributed by atoms with Gasteiger partial charge in [-0.25, -0.2) is 4.79 Å². The zero-order valence-electron chi connectivity index (χ0n) is 13.7. The molecular formula is C18H25BrO4. The SMILES string of the molecule is CCC(Br)C1CCC(OC(=O)c2ccccc2)C(O)CC(C)O1. The zero-order valence-corrected chi connectivity index (χ0v) is 15.2. The molecule has 0 amide bonds. The van der Waals surface area contributed by atoms with E-state index in [0.717, 1.165) is 12.8 Å². The van der Waals surface area contributed by atoms with Gasteiger partial charge in [0.15, 0.2) is 0 Å². The monoisotopic (exact) mass is 384 g/mol. The number of halogens is 1. The third-order valence-corrected chi connectivity index (χ3v) is 5.44. The number of aliphatic hydroxyl groups excluding tert-OH is 1. The Labute approximate surface area is 146 Å². The molecule has 1 aromatic rings. The van der Waals surface area contributed by atoms with Crippen molar-refractivity contribution in [3.05, 3.63) is 35.9 Å². The molecule has 1 aliphatic rings. The highest BCUT2D eigenvalue weighted by Crippen LogP contribution is 2.27. The molecule has 1 aromatic carbocycles. The topological polar surface area (TPSA) is 55.8 Å². The molecule has 5 atom stereocenters. The highest BCUT2D eigenvalue weighted by Gasteiger charge is 2.32. The van der Waals surface area contributed by atoms with Crippen LogP contribution in [0, 0.1) is 0 Å². The summed E-state index contributed by atoms with van der Waals surface area (Å²) in [7, 11) is 0. The summed E-state index contributed by atoms with van der Waals surface area (Å²) < 4.78 is 11.6. The van der Waals surface area contributed by atoms with Crippen molar-refractivity contribution < 1.29 is 19.4 Å². The molecule has 23 heavy (non-hydrogen) atoms. The Morgan fingerprint density at radius 2 is 2.09 bits per heavy atom. The predicted octanol–water partition coefficient (Wildman–Crippen LogP) is 3.70. The number of aliphatic hydroxyl groups is 1. The Morgan fingerprint density at radius 3 is 2.74 bits per heavy atom. The molecule has 1 aliphatic heterocycles. The van der Waals surface area contributed by atoms with Crippen LogP contribution < -0.4 is 0 Å². The lowest BCUT2D eigenvalue weighted by Crippen LogP contribution is -2.40. The van der Waals surface area contributed by atoms with Crippen LogP contribution in [-0.4, -0.2) is 40.3 Å². The quantitative estimate of drug-likeness (QED) is 0.634. The molecule has 1 N–H and O–H groups in total. The van der Waals surface area contributed by atoms with Gasteiger partial charge in [-0.2, -0.15) is 0 Å². The Balaban J connectivity index is 2.03. The number of rotatable bonds is 4. The molecule has 0 aliphatic carbocycles. The smallest absolute Gasteiger partial charge is 0.338 e. The second kappa shape index (κ2) is 8.81. The van der Waals surface area contributed by atoms with Crippen LogP contribution in [0.5, 0.6) is 0 Å². The molecule has 4 nitrogen and oxygen atoms in total. The van der Waals surface area contributed by atoms with Crippen LogP contribution in [0.1, 0.15) is 49.9 Å². The van der Waals surface area contributed by atoms with Gasteiger partial charge in [-0.3, -0.25) is 0 Å². The Hall–Kier alpha value is -0.910. The van der Waals surface area contributed by atoms with Crippen molar-refractivity contribution in [3.8, 4) is 0 Å². The van der Waals surface area contributed by atoms with Crippen molar-refractivity contribution in [1.29, 1.82) is 0 Å². The summed E-state index contributed by atoms with van der Waals surface area (Å²) in [6.45, 7) is 4.06. The van der Waals surface area contributed by atoms with E-state index in [-0.39, 0.29) is 23.0 Å². The largest absolute Gasteiger partial charge is 0.456 e. The van der Waals surface area contributed by atoms with Gasteiger partial charge < -0.3 is 14.6 Å². The number of esters is 1. The van der Waals surface area contributed by atoms with Crippen LogP contribution >= 0.6 is 15.9 Å². The summed E-state index contributed by atoms with van der Waals surface area (Å²) in [6.07, 6.45) is 1.58. The maximum absolute atomic E-state index is 12.2. The van der Waals surface area contributed by atoms with Gasteiger partial charge in [0, 0.05) is 11.2 Å². The fraction of sp³-hybridized carbons (Fsp3) is 0.611. The molecule has 0 spiro atoms. The van der Waals surface area contributed by atoms with Gasteiger partial charge in [0.1, 0.15) is 6.10 Å². The van der Waals surface area contributed by atoms with Crippen molar-refractivity contribution in [2.24, 2.45) is 0 Å². The Bertz CT molecular complexity index is 493. The molecule has 1 heterocycles. The highest BCUT2D eigenvalue weighted by atomic mass is 79.9. The molecule has 1 fully saturated rings. The average molecular weight is 385 g/mol. The summed E-state index contributed by atoms with van der Waals surface area (Å²) in [5.41, 5.74) is 0.509. The number of ether oxygens (including phenoxy) is 2. The van der Waals surface area contributed by atoms with E-state index in [1.54, 1.807) is 24.3 Å². The second-order valence-corrected chi connectivity index (χ2v) is 7.28. The lowest BCUT2D eigenvalue weighted by Gasteiger charge is -2.33. The van der Waals surface area contributed by atoms with Crippen molar-refractivity contribution in [1.82, 2.24) is 0 Å². The number of hydrogen-bond acceptors (Lipinski definition) is 4. The molecule has 2 rings (SSSR count). The zero-order chi connectivity index (χ0) is 16.8. The minimum Gasteiger partial charge on any atom is -0.456 e. The van der Waals surface area contributed by atoms with Crippen molar-refractivity contribution in [2.75, 3.05) is 0 Å². The van der Waals surface area contributed by atoms with Crippen LogP contribution in [0.3, 0.4) is 0 Å². The molecule has 5 unspecified atom stereocenters. The summed E-state index contributed by atoms with van der Waals surface area (Å²) in [5.74, 6) is -0.383. The third kappa shape index (κ3) is 5.30. The van der Waals surface area contributed by atoms with Crippen LogP contribution in [0.4, 0.5) is 0 Å². The second-order valence-electron chi connectivity index (χ2n) is 6.10. The van der Waals surface area contributed by atoms with Crippen LogP contribution in [0.25, 0.3) is 0 Å². The van der Waals surface area contributed by atoms with E-state index < -0.39 is 12.2 Å². The number of carbonyl (C=O) groups is 1. The molecule has 0 aromatic heterocycles. The number of benzene rings is 1. The first-order valence-corrected chi connectivity index (χ1v) is 9.16. The first kappa shape index (κ1) is 18.4. The Kier molecular flexibility index (Phi) is 7.06. The van der Waals surface area contributed by atoms with Crippen LogP contribution in [-0.2, 0) is 9.47 Å². The molecule has 128 valence electrons. The normalized spacial score (nSPS) is 30.1. The Morgan fingerprint density at radius 1 is 1.39 bits per heavy atom. The van der Waals surface area contributed by atoms with Crippen molar-refractivity contribution in [2.45, 2.75) is 68.8 Å². The van der Waals surface area contributed by atoms with E-state index in [1.807, 2.05) is 13.0 Å². The molecule has 0 bridgehead atoms. The molecular weight excluding hydrogens is 360 g/mol. The van der Waals surface area contributed by atoms with Gasteiger partial charge in [0.05, 0.1) is 23.9 Å². The molecule has 0 radical (unpaired) electrons. The maximum Gasteiger partial charge on any atom is 0.338 e. The van der Waals surface area contributed by atoms with Gasteiger partial charge in [-0.15, -0.1) is 0 Å². The number of alkyl halides is 1. The lowest BCUT2D eigenvalue weighted by molar-refractivity contribution is -0.0897. The minimum atomic E-state index is -0.700. The molecule has 1 saturated heterocycles. The van der Waals surface area contributed by atoms with Crippen LogP contribution in [0.15, 0.2) is 30.3 Å². The van der Waals surface area contributed by atoms with E-state index in [0.29, 0.717) is 18.4 Å². The van der Waals surface area contributed by atoms with E-state index in [1.165, 1.54) is 0 Å². The van der Waals surface area contributed by atoms with Crippen molar-refractivity contribution >= 4 is 21.9 Å². The third-order valence-electron chi connectivity index (χ3n) is 4.21. The van der Waals surface area contributed by atoms with Gasteiger partial charge in [-0.1, -0.05) is 41.1 Å². The van der Waals surface area contributed by atoms with Gasteiger partial charge in [0.25, 0.3) is 0 Å². The molecule has 5 heteroatoms. The predicted molar refractivity (Wildman–Crippen MR) is 92.8 cm³/mol. The van der Waals surface area contributed by atoms with E-state index in [9.17, 15) is 9.90 Å². The summed E-state index contributed by atoms with van der Waals surface area (Å²) >= 11 is 3.65. The summed E-state index contributed by atoms with van der Waals surface area (Å²) in [5, 5.41) is 10.4. The maximum atomic E-state index is 12.2.